The van der Waals surface area contributed by atoms with Gasteiger partial charge in [0.2, 0.25) is 0 Å². The largest absolute Gasteiger partial charge is 0.434 e. The van der Waals surface area contributed by atoms with Crippen molar-refractivity contribution in [2.24, 2.45) is 7.05 Å². The van der Waals surface area contributed by atoms with E-state index in [9.17, 15) is 18.0 Å². The minimum atomic E-state index is -4.63. The molecule has 1 aromatic carbocycles. The maximum absolute atomic E-state index is 13.0. The molecule has 0 aliphatic carbocycles. The number of hydrogen-bond donors (Lipinski definition) is 1. The number of rotatable bonds is 4. The monoisotopic (exact) mass is 441 g/mol. The van der Waals surface area contributed by atoms with Gasteiger partial charge in [-0.25, -0.2) is 0 Å². The number of nitrogens with zero attached hydrogens (tertiary/aromatic N) is 4. The zero-order chi connectivity index (χ0) is 19.8. The first-order chi connectivity index (χ1) is 12.6. The summed E-state index contributed by atoms with van der Waals surface area (Å²) in [6.45, 7) is 2.49. The molecule has 0 unspecified atom stereocenters. The Labute approximate surface area is 161 Å². The van der Waals surface area contributed by atoms with Crippen molar-refractivity contribution in [1.82, 2.24) is 19.6 Å². The van der Waals surface area contributed by atoms with Crippen molar-refractivity contribution in [3.8, 4) is 0 Å². The second-order valence-corrected chi connectivity index (χ2v) is 6.80. The maximum Gasteiger partial charge on any atom is 0.434 e. The van der Waals surface area contributed by atoms with E-state index in [4.69, 9.17) is 0 Å². The standard InChI is InChI=1S/C17H15BrF3N5O/c1-10-4-3-5-11(6-10)8-26-9-12(7-22-26)23-16(27)14-13(18)15(17(19,20)21)25(2)24-14/h3-7,9H,8H2,1-2H3,(H,23,27). The number of carbonyl (C=O) groups excluding carboxylic acids is 1. The maximum atomic E-state index is 13.0. The highest BCUT2D eigenvalue weighted by molar-refractivity contribution is 9.10. The SMILES string of the molecule is Cc1cccc(Cn2cc(NC(=O)c3nn(C)c(C(F)(F)F)c3Br)cn2)c1. The highest BCUT2D eigenvalue weighted by Crippen LogP contribution is 2.36. The summed E-state index contributed by atoms with van der Waals surface area (Å²) in [6, 6.07) is 7.89. The van der Waals surface area contributed by atoms with Crippen LogP contribution >= 0.6 is 15.9 Å². The molecule has 2 heterocycles. The number of aromatic nitrogens is 4. The number of amides is 1. The lowest BCUT2D eigenvalue weighted by molar-refractivity contribution is -0.144. The molecular weight excluding hydrogens is 427 g/mol. The van der Waals surface area contributed by atoms with Crippen molar-refractivity contribution in [3.63, 3.8) is 0 Å². The quantitative estimate of drug-likeness (QED) is 0.665. The summed E-state index contributed by atoms with van der Waals surface area (Å²) in [5.41, 5.74) is 1.14. The summed E-state index contributed by atoms with van der Waals surface area (Å²) in [6.07, 6.45) is -1.60. The summed E-state index contributed by atoms with van der Waals surface area (Å²) < 4.78 is 40.9. The minimum absolute atomic E-state index is 0.351. The molecule has 0 saturated carbocycles. The third-order valence-corrected chi connectivity index (χ3v) is 4.54. The van der Waals surface area contributed by atoms with Crippen LogP contribution < -0.4 is 5.32 Å². The molecule has 0 fully saturated rings. The van der Waals surface area contributed by atoms with E-state index in [1.807, 2.05) is 31.2 Å². The zero-order valence-electron chi connectivity index (χ0n) is 14.4. The van der Waals surface area contributed by atoms with Crippen LogP contribution in [0.15, 0.2) is 41.1 Å². The van der Waals surface area contributed by atoms with Crippen LogP contribution in [-0.4, -0.2) is 25.5 Å². The molecule has 27 heavy (non-hydrogen) atoms. The Hall–Kier alpha value is -2.62. The fourth-order valence-electron chi connectivity index (χ4n) is 2.65. The smallest absolute Gasteiger partial charge is 0.318 e. The summed E-state index contributed by atoms with van der Waals surface area (Å²) in [4.78, 5) is 12.3. The normalized spacial score (nSPS) is 11.6. The Morgan fingerprint density at radius 1 is 1.33 bits per heavy atom. The molecule has 0 saturated heterocycles. The average molecular weight is 442 g/mol. The number of alkyl halides is 3. The van der Waals surface area contributed by atoms with Crippen molar-refractivity contribution in [1.29, 1.82) is 0 Å². The number of nitrogens with one attached hydrogen (secondary N) is 1. The molecule has 10 heteroatoms. The number of halogens is 4. The number of benzene rings is 1. The van der Waals surface area contributed by atoms with E-state index in [0.29, 0.717) is 16.9 Å². The Kier molecular flexibility index (Phi) is 5.09. The van der Waals surface area contributed by atoms with E-state index in [1.165, 1.54) is 6.20 Å². The van der Waals surface area contributed by atoms with Gasteiger partial charge in [0.15, 0.2) is 11.4 Å². The van der Waals surface area contributed by atoms with Crippen molar-refractivity contribution in [2.45, 2.75) is 19.6 Å². The Morgan fingerprint density at radius 3 is 2.70 bits per heavy atom. The zero-order valence-corrected chi connectivity index (χ0v) is 16.0. The molecule has 0 bridgehead atoms. The lowest BCUT2D eigenvalue weighted by Crippen LogP contribution is -2.13. The molecule has 0 radical (unpaired) electrons. The van der Waals surface area contributed by atoms with Gasteiger partial charge in [-0.05, 0) is 28.4 Å². The third kappa shape index (κ3) is 4.21. The van der Waals surface area contributed by atoms with Crippen LogP contribution in [0.3, 0.4) is 0 Å². The first-order valence-corrected chi connectivity index (χ1v) is 8.63. The molecule has 0 aliphatic heterocycles. The van der Waals surface area contributed by atoms with Gasteiger partial charge < -0.3 is 5.32 Å². The molecule has 6 nitrogen and oxygen atoms in total. The molecule has 3 aromatic rings. The van der Waals surface area contributed by atoms with Crippen molar-refractivity contribution < 1.29 is 18.0 Å². The molecule has 3 rings (SSSR count). The highest BCUT2D eigenvalue weighted by atomic mass is 79.9. The molecular formula is C17H15BrF3N5O. The van der Waals surface area contributed by atoms with Gasteiger partial charge in [-0.15, -0.1) is 0 Å². The predicted molar refractivity (Wildman–Crippen MR) is 96.4 cm³/mol. The fourth-order valence-corrected chi connectivity index (χ4v) is 3.39. The van der Waals surface area contributed by atoms with E-state index in [-0.39, 0.29) is 5.69 Å². The average Bonchev–Trinajstić information content (AvgIpc) is 3.10. The van der Waals surface area contributed by atoms with E-state index in [0.717, 1.165) is 18.2 Å². The summed E-state index contributed by atoms with van der Waals surface area (Å²) in [5.74, 6) is -0.761. The van der Waals surface area contributed by atoms with Gasteiger partial charge in [0.1, 0.15) is 0 Å². The fraction of sp³-hybridized carbons (Fsp3) is 0.235. The van der Waals surface area contributed by atoms with Crippen LogP contribution in [-0.2, 0) is 19.8 Å². The van der Waals surface area contributed by atoms with Crippen molar-refractivity contribution in [3.05, 3.63) is 63.6 Å². The summed E-state index contributed by atoms with van der Waals surface area (Å²) in [7, 11) is 1.13. The Balaban J connectivity index is 1.75. The molecule has 142 valence electrons. The number of hydrogen-bond acceptors (Lipinski definition) is 3. The van der Waals surface area contributed by atoms with E-state index in [2.05, 4.69) is 31.4 Å². The van der Waals surface area contributed by atoms with Gasteiger partial charge in [-0.2, -0.15) is 23.4 Å². The van der Waals surface area contributed by atoms with Crippen LogP contribution in [0.4, 0.5) is 18.9 Å². The summed E-state index contributed by atoms with van der Waals surface area (Å²) >= 11 is 2.82. The van der Waals surface area contributed by atoms with Crippen LogP contribution in [0.1, 0.15) is 27.3 Å². The number of aryl methyl sites for hydroxylation is 2. The third-order valence-electron chi connectivity index (χ3n) is 3.79. The molecule has 0 aliphatic rings. The minimum Gasteiger partial charge on any atom is -0.318 e. The second-order valence-electron chi connectivity index (χ2n) is 6.00. The van der Waals surface area contributed by atoms with E-state index in [1.54, 1.807) is 10.9 Å². The Morgan fingerprint density at radius 2 is 2.07 bits per heavy atom. The van der Waals surface area contributed by atoms with Crippen LogP contribution in [0.25, 0.3) is 0 Å². The van der Waals surface area contributed by atoms with Gasteiger partial charge in [0, 0.05) is 13.2 Å². The molecule has 0 atom stereocenters. The summed E-state index contributed by atoms with van der Waals surface area (Å²) in [5, 5.41) is 10.3. The van der Waals surface area contributed by atoms with Gasteiger partial charge >= 0.3 is 6.18 Å². The first-order valence-electron chi connectivity index (χ1n) is 7.84. The van der Waals surface area contributed by atoms with E-state index < -0.39 is 22.3 Å². The lowest BCUT2D eigenvalue weighted by atomic mass is 10.1. The highest BCUT2D eigenvalue weighted by Gasteiger charge is 2.39. The second kappa shape index (κ2) is 7.18. The topological polar surface area (TPSA) is 64.7 Å². The molecule has 0 spiro atoms. The van der Waals surface area contributed by atoms with Crippen LogP contribution in [0.5, 0.6) is 0 Å². The van der Waals surface area contributed by atoms with Gasteiger partial charge in [0.25, 0.3) is 5.91 Å². The van der Waals surface area contributed by atoms with Crippen LogP contribution in [0.2, 0.25) is 0 Å². The molecule has 1 N–H and O–H groups in total. The Bertz CT molecular complexity index is 993. The molecule has 1 amide bonds. The van der Waals surface area contributed by atoms with Crippen molar-refractivity contribution in [2.75, 3.05) is 5.32 Å². The van der Waals surface area contributed by atoms with E-state index >= 15 is 0 Å². The first kappa shape index (κ1) is 19.2. The predicted octanol–water partition coefficient (Wildman–Crippen LogP) is 4.01. The van der Waals surface area contributed by atoms with Gasteiger partial charge in [-0.1, -0.05) is 29.8 Å². The van der Waals surface area contributed by atoms with Crippen molar-refractivity contribution >= 4 is 27.5 Å². The number of anilines is 1. The number of carbonyl (C=O) groups is 1. The van der Waals surface area contributed by atoms with Crippen LogP contribution in [0, 0.1) is 6.92 Å². The lowest BCUT2D eigenvalue weighted by Gasteiger charge is -2.06. The van der Waals surface area contributed by atoms with Gasteiger partial charge in [-0.3, -0.25) is 14.2 Å². The molecule has 2 aromatic heterocycles. The van der Waals surface area contributed by atoms with Gasteiger partial charge in [0.05, 0.1) is 22.9 Å².